The SMILES string of the molecule is CC1(n2c3ccccc3c3c(S)c(-c4ccccc4)c4ccccc4c32)C=CC(C(N=Cc2ccccc2)N(N)Cc2ccccc2)=CC1. The Morgan fingerprint density at radius 1 is 0.796 bits per heavy atom. The Labute approximate surface area is 292 Å². The van der Waals surface area contributed by atoms with Crippen molar-refractivity contribution in [1.82, 2.24) is 9.58 Å². The Balaban J connectivity index is 1.25. The van der Waals surface area contributed by atoms with E-state index < -0.39 is 0 Å². The van der Waals surface area contributed by atoms with Crippen LogP contribution in [-0.2, 0) is 12.1 Å². The lowest BCUT2D eigenvalue weighted by Crippen LogP contribution is -2.41. The normalized spacial score (nSPS) is 17.0. The average molecular weight is 655 g/mol. The van der Waals surface area contributed by atoms with E-state index in [0.717, 1.165) is 28.0 Å². The summed E-state index contributed by atoms with van der Waals surface area (Å²) < 4.78 is 2.53. The van der Waals surface area contributed by atoms with Crippen LogP contribution < -0.4 is 5.84 Å². The van der Waals surface area contributed by atoms with Gasteiger partial charge in [0.25, 0.3) is 0 Å². The predicted octanol–water partition coefficient (Wildman–Crippen LogP) is 10.3. The first-order valence-corrected chi connectivity index (χ1v) is 17.2. The molecule has 4 nitrogen and oxygen atoms in total. The standard InChI is InChI=1S/C44H38N4S/c1-44(27-25-34(26-28-44)43(46-29-31-15-5-2-6-16-31)47(45)30-32-17-7-3-8-18-32)48-38-24-14-13-23-37(38)40-41(48)36-22-12-11-21-35(36)39(42(40)49)33-19-9-4-10-20-33/h2-27,29,43,49H,28,30,45H2,1H3. The van der Waals surface area contributed by atoms with Gasteiger partial charge < -0.3 is 4.57 Å². The first-order chi connectivity index (χ1) is 24.0. The number of rotatable bonds is 8. The fourth-order valence-electron chi connectivity index (χ4n) is 7.36. The number of aliphatic imine (C=N–C) groups is 1. The lowest BCUT2D eigenvalue weighted by Gasteiger charge is -2.34. The van der Waals surface area contributed by atoms with E-state index in [1.54, 1.807) is 0 Å². The molecule has 6 aromatic carbocycles. The van der Waals surface area contributed by atoms with Crippen LogP contribution in [0, 0.1) is 0 Å². The maximum absolute atomic E-state index is 6.83. The summed E-state index contributed by atoms with van der Waals surface area (Å²) in [7, 11) is 0. The highest BCUT2D eigenvalue weighted by atomic mass is 32.1. The third kappa shape index (κ3) is 5.70. The zero-order valence-corrected chi connectivity index (χ0v) is 28.3. The van der Waals surface area contributed by atoms with E-state index in [-0.39, 0.29) is 11.7 Å². The number of hydrazine groups is 1. The van der Waals surface area contributed by atoms with Gasteiger partial charge >= 0.3 is 0 Å². The second-order valence-corrected chi connectivity index (χ2v) is 13.5. The Morgan fingerprint density at radius 2 is 1.41 bits per heavy atom. The van der Waals surface area contributed by atoms with Gasteiger partial charge in [0.05, 0.1) is 11.1 Å². The van der Waals surface area contributed by atoms with Crippen LogP contribution in [0.4, 0.5) is 0 Å². The van der Waals surface area contributed by atoms with E-state index in [2.05, 4.69) is 133 Å². The van der Waals surface area contributed by atoms with Crippen molar-refractivity contribution < 1.29 is 0 Å². The summed E-state index contributed by atoms with van der Waals surface area (Å²) in [6.45, 7) is 2.90. The van der Waals surface area contributed by atoms with Gasteiger partial charge in [0.15, 0.2) is 0 Å². The largest absolute Gasteiger partial charge is 0.330 e. The quantitative estimate of drug-likeness (QED) is 0.0741. The van der Waals surface area contributed by atoms with Crippen molar-refractivity contribution in [2.75, 3.05) is 0 Å². The van der Waals surface area contributed by atoms with Gasteiger partial charge in [-0.15, -0.1) is 12.6 Å². The molecule has 240 valence electrons. The number of thiol groups is 1. The minimum Gasteiger partial charge on any atom is -0.330 e. The predicted molar refractivity (Wildman–Crippen MR) is 209 cm³/mol. The Hall–Kier alpha value is -5.20. The van der Waals surface area contributed by atoms with Crippen LogP contribution in [0.2, 0.25) is 0 Å². The second-order valence-electron chi connectivity index (χ2n) is 13.0. The molecule has 1 aliphatic carbocycles. The number of fused-ring (bicyclic) bond motifs is 5. The number of hydrogen-bond acceptors (Lipinski definition) is 4. The highest BCUT2D eigenvalue weighted by Crippen LogP contribution is 2.48. The number of allylic oxidation sites excluding steroid dienone is 2. The van der Waals surface area contributed by atoms with E-state index in [4.69, 9.17) is 23.5 Å². The molecule has 1 aromatic heterocycles. The molecule has 0 fully saturated rings. The van der Waals surface area contributed by atoms with Gasteiger partial charge in [-0.1, -0.05) is 152 Å². The van der Waals surface area contributed by atoms with E-state index in [1.807, 2.05) is 47.6 Å². The third-order valence-electron chi connectivity index (χ3n) is 9.74. The molecule has 0 spiro atoms. The van der Waals surface area contributed by atoms with Crippen LogP contribution in [0.5, 0.6) is 0 Å². The summed E-state index contributed by atoms with van der Waals surface area (Å²) in [6.07, 6.45) is 9.24. The molecule has 0 saturated carbocycles. The van der Waals surface area contributed by atoms with Gasteiger partial charge in [0.2, 0.25) is 0 Å². The maximum atomic E-state index is 6.83. The maximum Gasteiger partial charge on any atom is 0.140 e. The monoisotopic (exact) mass is 654 g/mol. The van der Waals surface area contributed by atoms with Crippen LogP contribution in [0.25, 0.3) is 43.7 Å². The molecule has 0 saturated heterocycles. The molecule has 2 unspecified atom stereocenters. The molecular formula is C44H38N4S. The van der Waals surface area contributed by atoms with Gasteiger partial charge in [-0.05, 0) is 47.1 Å². The fraction of sp³-hybridized carbons (Fsp3) is 0.114. The number of hydrogen-bond donors (Lipinski definition) is 2. The van der Waals surface area contributed by atoms with Gasteiger partial charge in [0, 0.05) is 44.9 Å². The number of aromatic nitrogens is 1. The second kappa shape index (κ2) is 13.0. The van der Waals surface area contributed by atoms with Crippen molar-refractivity contribution in [2.45, 2.75) is 36.5 Å². The average Bonchev–Trinajstić information content (AvgIpc) is 3.51. The molecule has 0 amide bonds. The summed E-state index contributed by atoms with van der Waals surface area (Å²) in [5.74, 6) is 6.83. The summed E-state index contributed by atoms with van der Waals surface area (Å²) in [4.78, 5) is 6.06. The fourth-order valence-corrected chi connectivity index (χ4v) is 7.83. The molecule has 7 aromatic rings. The molecule has 8 rings (SSSR count). The molecule has 0 radical (unpaired) electrons. The van der Waals surface area contributed by atoms with Gasteiger partial charge in [-0.2, -0.15) is 0 Å². The lowest BCUT2D eigenvalue weighted by molar-refractivity contribution is 0.225. The number of nitrogens with zero attached hydrogens (tertiary/aromatic N) is 3. The van der Waals surface area contributed by atoms with Crippen LogP contribution in [-0.4, -0.2) is 22.0 Å². The number of para-hydroxylation sites is 1. The molecule has 2 atom stereocenters. The first-order valence-electron chi connectivity index (χ1n) is 16.8. The molecular weight excluding hydrogens is 617 g/mol. The van der Waals surface area contributed by atoms with Crippen molar-refractivity contribution >= 4 is 51.4 Å². The van der Waals surface area contributed by atoms with Crippen molar-refractivity contribution in [1.29, 1.82) is 0 Å². The Bertz CT molecular complexity index is 2380. The van der Waals surface area contributed by atoms with E-state index >= 15 is 0 Å². The van der Waals surface area contributed by atoms with Crippen molar-refractivity contribution in [3.8, 4) is 11.1 Å². The number of nitrogens with two attached hydrogens (primary N) is 1. The molecule has 5 heteroatoms. The summed E-state index contributed by atoms with van der Waals surface area (Å²) in [6, 6.07) is 48.7. The first kappa shape index (κ1) is 31.1. The third-order valence-corrected chi connectivity index (χ3v) is 10.2. The minimum absolute atomic E-state index is 0.349. The van der Waals surface area contributed by atoms with E-state index in [9.17, 15) is 0 Å². The summed E-state index contributed by atoms with van der Waals surface area (Å²) >= 11 is 5.31. The zero-order valence-electron chi connectivity index (χ0n) is 27.4. The highest BCUT2D eigenvalue weighted by Gasteiger charge is 2.32. The van der Waals surface area contributed by atoms with Crippen LogP contribution in [0.15, 0.2) is 173 Å². The highest BCUT2D eigenvalue weighted by molar-refractivity contribution is 7.80. The minimum atomic E-state index is -0.353. The summed E-state index contributed by atoms with van der Waals surface area (Å²) in [5.41, 5.74) is 7.64. The molecule has 49 heavy (non-hydrogen) atoms. The van der Waals surface area contributed by atoms with Crippen molar-refractivity contribution in [3.63, 3.8) is 0 Å². The molecule has 1 aliphatic rings. The zero-order chi connectivity index (χ0) is 33.4. The van der Waals surface area contributed by atoms with E-state index in [0.29, 0.717) is 6.54 Å². The topological polar surface area (TPSA) is 46.5 Å². The number of benzene rings is 6. The molecule has 2 N–H and O–H groups in total. The van der Waals surface area contributed by atoms with Crippen molar-refractivity contribution in [3.05, 3.63) is 174 Å². The van der Waals surface area contributed by atoms with Gasteiger partial charge in [-0.3, -0.25) is 10.8 Å². The molecule has 0 aliphatic heterocycles. The smallest absolute Gasteiger partial charge is 0.140 e. The van der Waals surface area contributed by atoms with Crippen LogP contribution >= 0.6 is 12.6 Å². The van der Waals surface area contributed by atoms with E-state index in [1.165, 1.54) is 43.7 Å². The Morgan fingerprint density at radius 3 is 2.10 bits per heavy atom. The lowest BCUT2D eigenvalue weighted by atomic mass is 9.88. The molecule has 0 bridgehead atoms. The van der Waals surface area contributed by atoms with Gasteiger partial charge in [-0.25, -0.2) is 5.01 Å². The van der Waals surface area contributed by atoms with Crippen molar-refractivity contribution in [2.24, 2.45) is 10.8 Å². The Kier molecular flexibility index (Phi) is 8.26. The summed E-state index contributed by atoms with van der Waals surface area (Å²) in [5, 5.41) is 6.64. The van der Waals surface area contributed by atoms with Gasteiger partial charge in [0.1, 0.15) is 6.17 Å². The molecule has 1 heterocycles. The van der Waals surface area contributed by atoms with Crippen LogP contribution in [0.1, 0.15) is 24.5 Å². The van der Waals surface area contributed by atoms with Crippen LogP contribution in [0.3, 0.4) is 0 Å².